The van der Waals surface area contributed by atoms with Crippen LogP contribution >= 0.6 is 0 Å². The Morgan fingerprint density at radius 2 is 2.19 bits per heavy atom. The summed E-state index contributed by atoms with van der Waals surface area (Å²) in [4.78, 5) is 15.0. The number of carboxylic acids is 1. The van der Waals surface area contributed by atoms with Crippen LogP contribution in [0.3, 0.4) is 0 Å². The van der Waals surface area contributed by atoms with E-state index >= 15 is 0 Å². The molecule has 94 valence electrons. The Morgan fingerprint density at radius 3 is 2.81 bits per heavy atom. The van der Waals surface area contributed by atoms with Crippen LogP contribution in [0.2, 0.25) is 0 Å². The summed E-state index contributed by atoms with van der Waals surface area (Å²) < 4.78 is 0. The largest absolute Gasteiger partial charge is 0.481 e. The van der Waals surface area contributed by atoms with Gasteiger partial charge in [0, 0.05) is 12.6 Å². The molecule has 0 aliphatic carbocycles. The van der Waals surface area contributed by atoms with Crippen LogP contribution in [-0.2, 0) is 4.79 Å². The number of hydrogen-bond donors (Lipinski definition) is 1. The summed E-state index contributed by atoms with van der Waals surface area (Å²) >= 11 is 0. The van der Waals surface area contributed by atoms with Crippen molar-refractivity contribution < 1.29 is 9.90 Å². The van der Waals surface area contributed by atoms with Gasteiger partial charge in [-0.3, -0.25) is 4.79 Å². The van der Waals surface area contributed by atoms with Crippen molar-refractivity contribution in [2.24, 2.45) is 0 Å². The lowest BCUT2D eigenvalue weighted by molar-refractivity contribution is -0.137. The summed E-state index contributed by atoms with van der Waals surface area (Å²) in [6.07, 6.45) is 5.36. The van der Waals surface area contributed by atoms with Gasteiger partial charge >= 0.3 is 5.97 Å². The molecule has 1 atom stereocenters. The topological polar surface area (TPSA) is 43.8 Å². The molecule has 0 aromatic carbocycles. The van der Waals surface area contributed by atoms with Gasteiger partial charge in [-0.15, -0.1) is 0 Å². The van der Waals surface area contributed by atoms with E-state index in [4.69, 9.17) is 5.11 Å². The van der Waals surface area contributed by atoms with E-state index in [-0.39, 0.29) is 6.42 Å². The van der Waals surface area contributed by atoms with Gasteiger partial charge in [0.1, 0.15) is 0 Å². The van der Waals surface area contributed by atoms with E-state index in [1.54, 1.807) is 0 Å². The molecular formula is C12H24N2O2. The summed E-state index contributed by atoms with van der Waals surface area (Å²) in [6, 6.07) is 0.695. The van der Waals surface area contributed by atoms with Crippen molar-refractivity contribution in [2.45, 2.75) is 38.1 Å². The smallest absolute Gasteiger partial charge is 0.304 e. The van der Waals surface area contributed by atoms with Crippen LogP contribution in [0, 0.1) is 0 Å². The zero-order chi connectivity index (χ0) is 12.0. The second-order valence-corrected chi connectivity index (χ2v) is 4.87. The first-order valence-electron chi connectivity index (χ1n) is 6.20. The number of likely N-dealkylation sites (tertiary alicyclic amines) is 1. The summed E-state index contributed by atoms with van der Waals surface area (Å²) in [5, 5.41) is 8.59. The minimum Gasteiger partial charge on any atom is -0.481 e. The van der Waals surface area contributed by atoms with E-state index in [1.807, 2.05) is 7.05 Å². The fraction of sp³-hybridized carbons (Fsp3) is 0.917. The molecule has 0 saturated carbocycles. The maximum Gasteiger partial charge on any atom is 0.304 e. The Balaban J connectivity index is 2.14. The molecule has 1 fully saturated rings. The third-order valence-corrected chi connectivity index (χ3v) is 3.47. The summed E-state index contributed by atoms with van der Waals surface area (Å²) in [7, 11) is 4.20. The third-order valence-electron chi connectivity index (χ3n) is 3.47. The van der Waals surface area contributed by atoms with Gasteiger partial charge in [0.25, 0.3) is 0 Å². The Labute approximate surface area is 98.2 Å². The predicted molar refractivity (Wildman–Crippen MR) is 64.6 cm³/mol. The third kappa shape index (κ3) is 4.94. The van der Waals surface area contributed by atoms with Crippen LogP contribution in [0.25, 0.3) is 0 Å². The van der Waals surface area contributed by atoms with Crippen molar-refractivity contribution in [1.29, 1.82) is 0 Å². The molecule has 1 aliphatic heterocycles. The van der Waals surface area contributed by atoms with E-state index in [0.29, 0.717) is 12.6 Å². The van der Waals surface area contributed by atoms with Gasteiger partial charge in [-0.05, 0) is 46.4 Å². The average molecular weight is 228 g/mol. The van der Waals surface area contributed by atoms with E-state index in [2.05, 4.69) is 16.8 Å². The van der Waals surface area contributed by atoms with Crippen LogP contribution in [0.15, 0.2) is 0 Å². The first kappa shape index (κ1) is 13.5. The molecule has 1 saturated heterocycles. The predicted octanol–water partition coefficient (Wildman–Crippen LogP) is 1.27. The quantitative estimate of drug-likeness (QED) is 0.743. The Bertz CT molecular complexity index is 221. The van der Waals surface area contributed by atoms with Gasteiger partial charge in [0.2, 0.25) is 0 Å². The van der Waals surface area contributed by atoms with Crippen molar-refractivity contribution in [1.82, 2.24) is 9.80 Å². The Kier molecular flexibility index (Phi) is 5.77. The van der Waals surface area contributed by atoms with E-state index in [9.17, 15) is 4.79 Å². The Morgan fingerprint density at radius 1 is 1.44 bits per heavy atom. The molecule has 0 aromatic heterocycles. The Hall–Kier alpha value is -0.610. The number of carboxylic acid groups (broad SMARTS) is 1. The number of carbonyl (C=O) groups is 1. The van der Waals surface area contributed by atoms with Crippen LogP contribution < -0.4 is 0 Å². The zero-order valence-corrected chi connectivity index (χ0v) is 10.5. The molecule has 1 heterocycles. The minimum absolute atomic E-state index is 0.247. The van der Waals surface area contributed by atoms with Crippen LogP contribution in [0.1, 0.15) is 32.1 Å². The minimum atomic E-state index is -0.707. The molecule has 0 spiro atoms. The second kappa shape index (κ2) is 6.86. The average Bonchev–Trinajstić information content (AvgIpc) is 2.25. The molecular weight excluding hydrogens is 204 g/mol. The van der Waals surface area contributed by atoms with Crippen molar-refractivity contribution >= 4 is 5.97 Å². The summed E-state index contributed by atoms with van der Waals surface area (Å²) in [6.45, 7) is 2.87. The highest BCUT2D eigenvalue weighted by atomic mass is 16.4. The lowest BCUT2D eigenvalue weighted by Crippen LogP contribution is -2.38. The zero-order valence-electron chi connectivity index (χ0n) is 10.5. The lowest BCUT2D eigenvalue weighted by Gasteiger charge is -2.33. The second-order valence-electron chi connectivity index (χ2n) is 4.87. The highest BCUT2D eigenvalue weighted by Gasteiger charge is 2.18. The molecule has 0 radical (unpaired) electrons. The van der Waals surface area contributed by atoms with Crippen LogP contribution in [0.4, 0.5) is 0 Å². The standard InChI is InChI=1S/C12H24N2O2/c1-13(10-7-12(15)16)9-6-11-5-3-4-8-14(11)2/h11H,3-10H2,1-2H3,(H,15,16). The molecule has 1 N–H and O–H groups in total. The van der Waals surface area contributed by atoms with Gasteiger partial charge in [-0.1, -0.05) is 6.42 Å². The maximum absolute atomic E-state index is 10.4. The fourth-order valence-electron chi connectivity index (χ4n) is 2.28. The molecule has 1 unspecified atom stereocenters. The molecule has 1 rings (SSSR count). The molecule has 0 aromatic rings. The van der Waals surface area contributed by atoms with Crippen LogP contribution in [0.5, 0.6) is 0 Å². The lowest BCUT2D eigenvalue weighted by atomic mass is 10.00. The molecule has 0 amide bonds. The molecule has 1 aliphatic rings. The van der Waals surface area contributed by atoms with E-state index in [0.717, 1.165) is 13.0 Å². The van der Waals surface area contributed by atoms with Gasteiger partial charge in [0.15, 0.2) is 0 Å². The summed E-state index contributed by atoms with van der Waals surface area (Å²) in [5.74, 6) is -0.707. The number of nitrogens with zero attached hydrogens (tertiary/aromatic N) is 2. The van der Waals surface area contributed by atoms with Gasteiger partial charge in [-0.25, -0.2) is 0 Å². The van der Waals surface area contributed by atoms with Crippen molar-refractivity contribution in [3.05, 3.63) is 0 Å². The normalized spacial score (nSPS) is 22.6. The van der Waals surface area contributed by atoms with E-state index in [1.165, 1.54) is 25.8 Å². The fourth-order valence-corrected chi connectivity index (χ4v) is 2.28. The van der Waals surface area contributed by atoms with Crippen molar-refractivity contribution in [2.75, 3.05) is 33.7 Å². The summed E-state index contributed by atoms with van der Waals surface area (Å²) in [5.41, 5.74) is 0. The number of piperidine rings is 1. The monoisotopic (exact) mass is 228 g/mol. The van der Waals surface area contributed by atoms with Crippen LogP contribution in [-0.4, -0.2) is 60.6 Å². The first-order valence-corrected chi connectivity index (χ1v) is 6.20. The van der Waals surface area contributed by atoms with Crippen molar-refractivity contribution in [3.8, 4) is 0 Å². The van der Waals surface area contributed by atoms with Gasteiger partial charge < -0.3 is 14.9 Å². The van der Waals surface area contributed by atoms with E-state index < -0.39 is 5.97 Å². The number of aliphatic carboxylic acids is 1. The highest BCUT2D eigenvalue weighted by Crippen LogP contribution is 2.17. The SMILES string of the molecule is CN(CCC(=O)O)CCC1CCCCN1C. The molecule has 16 heavy (non-hydrogen) atoms. The maximum atomic E-state index is 10.4. The number of hydrogen-bond acceptors (Lipinski definition) is 3. The molecule has 4 heteroatoms. The van der Waals surface area contributed by atoms with Gasteiger partial charge in [-0.2, -0.15) is 0 Å². The molecule has 0 bridgehead atoms. The number of rotatable bonds is 6. The van der Waals surface area contributed by atoms with Crippen molar-refractivity contribution in [3.63, 3.8) is 0 Å². The first-order chi connectivity index (χ1) is 7.59. The molecule has 4 nitrogen and oxygen atoms in total. The highest BCUT2D eigenvalue weighted by molar-refractivity contribution is 5.66. The van der Waals surface area contributed by atoms with Gasteiger partial charge in [0.05, 0.1) is 6.42 Å².